The summed E-state index contributed by atoms with van der Waals surface area (Å²) in [5, 5.41) is 1.37. The van der Waals surface area contributed by atoms with Crippen molar-refractivity contribution in [3.63, 3.8) is 0 Å². The Kier molecular flexibility index (Phi) is 4.15. The molecule has 0 radical (unpaired) electrons. The van der Waals surface area contributed by atoms with Gasteiger partial charge in [0.2, 0.25) is 0 Å². The van der Waals surface area contributed by atoms with Crippen LogP contribution in [0.25, 0.3) is 72.0 Å². The van der Waals surface area contributed by atoms with Gasteiger partial charge in [-0.25, -0.2) is 0 Å². The van der Waals surface area contributed by atoms with Crippen LogP contribution in [0.5, 0.6) is 0 Å². The fourth-order valence-corrected chi connectivity index (χ4v) is 7.73. The molecule has 10 aromatic rings. The zero-order chi connectivity index (χ0) is 61.0. The van der Waals surface area contributed by atoms with Crippen molar-refractivity contribution in [1.29, 1.82) is 0 Å². The Labute approximate surface area is 381 Å². The highest BCUT2D eigenvalue weighted by molar-refractivity contribution is 6.11. The number of hydrogen-bond acceptors (Lipinski definition) is 1. The van der Waals surface area contributed by atoms with E-state index >= 15 is 0 Å². The summed E-state index contributed by atoms with van der Waals surface area (Å²) in [5.74, 6) is 0. The van der Waals surface area contributed by atoms with E-state index in [0.717, 1.165) is 33.8 Å². The number of fused-ring (bicyclic) bond motifs is 6. The second-order valence-electron chi connectivity index (χ2n) is 13.8. The van der Waals surface area contributed by atoms with E-state index in [0.29, 0.717) is 15.8 Å². The van der Waals surface area contributed by atoms with E-state index < -0.39 is 184 Å². The van der Waals surface area contributed by atoms with E-state index in [1.807, 2.05) is 78.9 Å². The minimum Gasteiger partial charge on any atom is -0.310 e. The van der Waals surface area contributed by atoms with Gasteiger partial charge in [0.05, 0.1) is 42.8 Å². The molecule has 1 aliphatic rings. The minimum absolute atomic E-state index is 0.152. The topological polar surface area (TPSA) is 8.17 Å². The smallest absolute Gasteiger partial charge is 0.0648 e. The first-order valence-electron chi connectivity index (χ1n) is 31.0. The number of benzene rings is 9. The molecule has 1 aliphatic carbocycles. The molecule has 0 saturated heterocycles. The van der Waals surface area contributed by atoms with Gasteiger partial charge < -0.3 is 9.47 Å². The summed E-state index contributed by atoms with van der Waals surface area (Å²) in [6.45, 7) is -7.80. The van der Waals surface area contributed by atoms with Crippen LogP contribution in [0.1, 0.15) is 59.1 Å². The number of para-hydroxylation sites is 2. The van der Waals surface area contributed by atoms with Crippen LogP contribution in [0.4, 0.5) is 17.1 Å². The van der Waals surface area contributed by atoms with E-state index in [1.54, 1.807) is 18.2 Å². The molecule has 11 rings (SSSR count). The zero-order valence-electron chi connectivity index (χ0n) is 55.7. The lowest BCUT2D eigenvalue weighted by Gasteiger charge is -2.28. The third-order valence-corrected chi connectivity index (χ3v) is 10.4. The van der Waals surface area contributed by atoms with Crippen LogP contribution < -0.4 is 4.90 Å². The van der Waals surface area contributed by atoms with Crippen molar-refractivity contribution in [2.75, 3.05) is 4.90 Å². The predicted octanol–water partition coefficient (Wildman–Crippen LogP) is 15.6. The van der Waals surface area contributed by atoms with E-state index in [4.69, 9.17) is 23.3 Å². The maximum atomic E-state index is 10.1. The molecule has 1 heterocycles. The summed E-state index contributed by atoms with van der Waals surface area (Å²) >= 11 is 0. The third kappa shape index (κ3) is 5.79. The molecule has 0 atom stereocenters. The van der Waals surface area contributed by atoms with Crippen molar-refractivity contribution in [3.05, 3.63) is 229 Å². The zero-order valence-corrected chi connectivity index (χ0v) is 30.7. The Balaban J connectivity index is 1.25. The number of hydrogen-bond donors (Lipinski definition) is 0. The molecule has 0 spiro atoms. The average molecular weight is 780 g/mol. The highest BCUT2D eigenvalue weighted by Crippen LogP contribution is 2.51. The van der Waals surface area contributed by atoms with E-state index in [9.17, 15) is 11.0 Å². The Hall–Kier alpha value is -7.42. The normalized spacial score (nSPS) is 19.2. The van der Waals surface area contributed by atoms with Crippen molar-refractivity contribution >= 4 is 38.9 Å². The van der Waals surface area contributed by atoms with Gasteiger partial charge in [-0.3, -0.25) is 0 Å². The first-order chi connectivity index (χ1) is 39.4. The van der Waals surface area contributed by atoms with Crippen molar-refractivity contribution < 1.29 is 34.3 Å². The Morgan fingerprint density at radius 3 is 2.00 bits per heavy atom. The SMILES string of the molecule is [2H]c1c(-c2c([2H])c([2H])c([2H])c([2H])c2[2H])cc(N(c2c([2H])c([2H])c(-c3ccc4c(c3)c3ccccc3n4-c3ccccc3-c3ccccc3)c([2H])c2[2H])c2c([2H])c([2H])c3c(c2[2H])C(C([2H])([2H])[2H])(C([2H])([2H])[2H])c2c([2H])c([2H])c([2H])c([2H])c2-3)c([2H])c1[2H]. The maximum absolute atomic E-state index is 10.1. The second-order valence-corrected chi connectivity index (χ2v) is 13.8. The van der Waals surface area contributed by atoms with Crippen molar-refractivity contribution in [2.24, 2.45) is 0 Å². The molecule has 280 valence electrons. The van der Waals surface area contributed by atoms with Crippen molar-refractivity contribution in [3.8, 4) is 50.2 Å². The molecule has 0 amide bonds. The summed E-state index contributed by atoms with van der Waals surface area (Å²) in [6, 6.07) is 11.9. The summed E-state index contributed by atoms with van der Waals surface area (Å²) in [6.07, 6.45) is 0. The van der Waals surface area contributed by atoms with Gasteiger partial charge in [-0.05, 0) is 111 Å². The number of aromatic nitrogens is 1. The van der Waals surface area contributed by atoms with Crippen LogP contribution in [0, 0.1) is 0 Å². The molecule has 0 fully saturated rings. The lowest BCUT2D eigenvalue weighted by Crippen LogP contribution is -2.16. The second kappa shape index (κ2) is 13.9. The Bertz CT molecular complexity index is 4450. The molecule has 9 aromatic carbocycles. The highest BCUT2D eigenvalue weighted by Gasteiger charge is 2.35. The van der Waals surface area contributed by atoms with Gasteiger partial charge in [0.1, 0.15) is 0 Å². The predicted molar refractivity (Wildman–Crippen MR) is 249 cm³/mol. The highest BCUT2D eigenvalue weighted by atomic mass is 15.1. The fourth-order valence-electron chi connectivity index (χ4n) is 7.73. The number of rotatable bonds is 7. The molecule has 0 saturated carbocycles. The van der Waals surface area contributed by atoms with Gasteiger partial charge >= 0.3 is 0 Å². The molecule has 0 unspecified atom stereocenters. The quantitative estimate of drug-likeness (QED) is 0.156. The van der Waals surface area contributed by atoms with Gasteiger partial charge in [0.25, 0.3) is 0 Å². The molecule has 1 aromatic heterocycles. The summed E-state index contributed by atoms with van der Waals surface area (Å²) in [7, 11) is 0. The molecule has 0 N–H and O–H groups in total. The van der Waals surface area contributed by atoms with E-state index in [2.05, 4.69) is 4.57 Å². The summed E-state index contributed by atoms with van der Waals surface area (Å²) < 4.78 is 230. The molecule has 2 heteroatoms. The average Bonchev–Trinajstić information content (AvgIpc) is 1.48. The van der Waals surface area contributed by atoms with Crippen LogP contribution in [0.2, 0.25) is 0 Å². The van der Waals surface area contributed by atoms with Gasteiger partial charge in [0, 0.05) is 47.0 Å². The standard InChI is InChI=1S/C57H42N2/c1-57(2)52-25-12-9-23-48(52)49-34-33-46(38-53(49)57)58(45-21-15-20-42(36-45)39-16-5-3-6-17-39)44-31-28-40(29-32-44)43-30-35-56-51(37-43)50-24-11-14-27-55(50)59(56)54-26-13-10-22-47(54)41-18-7-4-8-19-41/h3-38H,1-2H3/i1D3,2D3,3D,5D,6D,9D,12D,15D,16D,17D,20D,21D,23D,25D,28D,29D,31D,32D,33D,34D,38D. The van der Waals surface area contributed by atoms with Crippen LogP contribution in [0.3, 0.4) is 0 Å². The lowest BCUT2D eigenvalue weighted by atomic mass is 9.82. The largest absolute Gasteiger partial charge is 0.310 e. The number of anilines is 3. The Morgan fingerprint density at radius 2 is 1.14 bits per heavy atom. The monoisotopic (exact) mass is 779 g/mol. The minimum atomic E-state index is -3.90. The van der Waals surface area contributed by atoms with Gasteiger partial charge in [-0.2, -0.15) is 0 Å². The first kappa shape index (κ1) is 17.6. The summed E-state index contributed by atoms with van der Waals surface area (Å²) in [5.41, 5.74) is -7.87. The third-order valence-electron chi connectivity index (χ3n) is 10.4. The van der Waals surface area contributed by atoms with Crippen molar-refractivity contribution in [2.45, 2.75) is 19.1 Å². The van der Waals surface area contributed by atoms with Crippen LogP contribution in [-0.2, 0) is 5.41 Å². The molecule has 0 bridgehead atoms. The number of nitrogens with zero attached hydrogens (tertiary/aromatic N) is 2. The first-order valence-corrected chi connectivity index (χ1v) is 18.5. The molecular formula is C57H42N2. The molecule has 59 heavy (non-hydrogen) atoms. The van der Waals surface area contributed by atoms with Gasteiger partial charge in [-0.1, -0.05) is 171 Å². The molecule has 2 nitrogen and oxygen atoms in total. The maximum Gasteiger partial charge on any atom is 0.0648 e. The van der Waals surface area contributed by atoms with Gasteiger partial charge in [0.15, 0.2) is 0 Å². The van der Waals surface area contributed by atoms with E-state index in [-0.39, 0.29) is 11.1 Å². The van der Waals surface area contributed by atoms with Crippen LogP contribution >= 0.6 is 0 Å². The van der Waals surface area contributed by atoms with Gasteiger partial charge in [-0.15, -0.1) is 0 Å². The molecule has 0 aliphatic heterocycles. The van der Waals surface area contributed by atoms with Crippen molar-refractivity contribution in [1.82, 2.24) is 4.57 Å². The Morgan fingerprint density at radius 1 is 0.441 bits per heavy atom. The fraction of sp³-hybridized carbons (Fsp3) is 0.0526. The molecular weight excluding hydrogens is 713 g/mol. The lowest BCUT2D eigenvalue weighted by molar-refractivity contribution is 0.660. The van der Waals surface area contributed by atoms with Crippen LogP contribution in [-0.4, -0.2) is 4.57 Å². The van der Waals surface area contributed by atoms with E-state index in [1.165, 1.54) is 0 Å². The summed E-state index contributed by atoms with van der Waals surface area (Å²) in [4.78, 5) is 0.509. The van der Waals surface area contributed by atoms with Crippen LogP contribution in [0.15, 0.2) is 218 Å².